The van der Waals surface area contributed by atoms with E-state index in [9.17, 15) is 22.8 Å². The molecule has 8 nitrogen and oxygen atoms in total. The van der Waals surface area contributed by atoms with Crippen LogP contribution in [0.5, 0.6) is 0 Å². The van der Waals surface area contributed by atoms with E-state index < -0.39 is 23.3 Å². The highest BCUT2D eigenvalue weighted by Crippen LogP contribution is 2.31. The summed E-state index contributed by atoms with van der Waals surface area (Å²) >= 11 is 0. The van der Waals surface area contributed by atoms with Crippen LogP contribution >= 0.6 is 0 Å². The molecule has 2 aromatic rings. The number of hydrogen-bond acceptors (Lipinski definition) is 4. The van der Waals surface area contributed by atoms with Crippen molar-refractivity contribution < 1.29 is 22.8 Å². The number of carbonyl (C=O) groups excluding carboxylic acids is 2. The molecule has 0 radical (unpaired) electrons. The number of para-hydroxylation sites is 1. The highest BCUT2D eigenvalue weighted by molar-refractivity contribution is 5.95. The average molecular weight is 424 g/mol. The maximum absolute atomic E-state index is 13.4. The standard InChI is InChI=1S/C19H23F3N6O2/c1-13-11-23-9-10-27(13)18(30)25-8-7-24-17(29)15-12-28(14-5-3-2-4-6-14)26-16(15)19(20,21)22/h2-6,12-13,23H,7-11H2,1H3,(H,24,29)(H,25,30). The fourth-order valence-electron chi connectivity index (χ4n) is 3.15. The van der Waals surface area contributed by atoms with Crippen LogP contribution in [0.2, 0.25) is 0 Å². The number of hydrogen-bond donors (Lipinski definition) is 3. The third kappa shape index (κ3) is 5.09. The van der Waals surface area contributed by atoms with E-state index >= 15 is 0 Å². The molecule has 3 N–H and O–H groups in total. The Morgan fingerprint density at radius 3 is 2.57 bits per heavy atom. The molecule has 2 heterocycles. The van der Waals surface area contributed by atoms with E-state index in [4.69, 9.17) is 0 Å². The van der Waals surface area contributed by atoms with Crippen molar-refractivity contribution in [1.29, 1.82) is 0 Å². The van der Waals surface area contributed by atoms with Gasteiger partial charge in [-0.3, -0.25) is 4.79 Å². The second-order valence-electron chi connectivity index (χ2n) is 6.90. The van der Waals surface area contributed by atoms with E-state index in [1.807, 2.05) is 6.92 Å². The highest BCUT2D eigenvalue weighted by atomic mass is 19.4. The lowest BCUT2D eigenvalue weighted by Gasteiger charge is -2.33. The molecule has 3 amide bonds. The minimum Gasteiger partial charge on any atom is -0.350 e. The number of amides is 3. The van der Waals surface area contributed by atoms with Crippen molar-refractivity contribution in [2.45, 2.75) is 19.1 Å². The first-order valence-electron chi connectivity index (χ1n) is 9.53. The molecule has 3 rings (SSSR count). The van der Waals surface area contributed by atoms with E-state index in [0.29, 0.717) is 25.3 Å². The molecule has 1 aliphatic heterocycles. The van der Waals surface area contributed by atoms with Crippen molar-refractivity contribution in [2.75, 3.05) is 32.7 Å². The number of alkyl halides is 3. The van der Waals surface area contributed by atoms with E-state index in [0.717, 1.165) is 10.9 Å². The van der Waals surface area contributed by atoms with E-state index in [1.165, 1.54) is 0 Å². The zero-order valence-corrected chi connectivity index (χ0v) is 16.4. The van der Waals surface area contributed by atoms with Gasteiger partial charge in [0, 0.05) is 45.0 Å². The summed E-state index contributed by atoms with van der Waals surface area (Å²) in [6.45, 7) is 3.94. The SMILES string of the molecule is CC1CNCCN1C(=O)NCCNC(=O)c1cn(-c2ccccc2)nc1C(F)(F)F. The number of nitrogens with zero attached hydrogens (tertiary/aromatic N) is 3. The summed E-state index contributed by atoms with van der Waals surface area (Å²) in [4.78, 5) is 26.2. The summed E-state index contributed by atoms with van der Waals surface area (Å²) in [5.41, 5.74) is -1.43. The van der Waals surface area contributed by atoms with Crippen LogP contribution < -0.4 is 16.0 Å². The number of aromatic nitrogens is 2. The Morgan fingerprint density at radius 2 is 1.90 bits per heavy atom. The zero-order chi connectivity index (χ0) is 21.7. The molecule has 0 spiro atoms. The number of nitrogens with one attached hydrogen (secondary N) is 3. The second kappa shape index (κ2) is 9.16. The minimum absolute atomic E-state index is 0.0150. The Balaban J connectivity index is 1.61. The predicted octanol–water partition coefficient (Wildman–Crippen LogP) is 1.62. The lowest BCUT2D eigenvalue weighted by molar-refractivity contribution is -0.141. The Labute approximate surface area is 171 Å². The number of rotatable bonds is 5. The third-order valence-corrected chi connectivity index (χ3v) is 4.70. The maximum Gasteiger partial charge on any atom is 0.435 e. The summed E-state index contributed by atoms with van der Waals surface area (Å²) < 4.78 is 41.1. The topological polar surface area (TPSA) is 91.3 Å². The Hall–Kier alpha value is -3.08. The molecule has 0 bridgehead atoms. The molecule has 1 aromatic carbocycles. The molecule has 0 aliphatic carbocycles. The molecule has 11 heteroatoms. The monoisotopic (exact) mass is 424 g/mol. The number of halogens is 3. The van der Waals surface area contributed by atoms with Crippen molar-refractivity contribution in [2.24, 2.45) is 0 Å². The number of carbonyl (C=O) groups is 2. The van der Waals surface area contributed by atoms with Gasteiger partial charge in [-0.15, -0.1) is 0 Å². The Kier molecular flexibility index (Phi) is 6.60. The number of urea groups is 1. The molecule has 162 valence electrons. The summed E-state index contributed by atoms with van der Waals surface area (Å²) in [6, 6.07) is 7.97. The summed E-state index contributed by atoms with van der Waals surface area (Å²) in [7, 11) is 0. The molecule has 1 aromatic heterocycles. The van der Waals surface area contributed by atoms with Crippen LogP contribution in [0.1, 0.15) is 23.0 Å². The summed E-state index contributed by atoms with van der Waals surface area (Å²) in [5, 5.41) is 11.8. The van der Waals surface area contributed by atoms with Gasteiger partial charge in [-0.05, 0) is 19.1 Å². The molecular formula is C19H23F3N6O2. The lowest BCUT2D eigenvalue weighted by Crippen LogP contribution is -2.55. The minimum atomic E-state index is -4.78. The van der Waals surface area contributed by atoms with Crippen LogP contribution in [0.25, 0.3) is 5.69 Å². The van der Waals surface area contributed by atoms with Crippen molar-refractivity contribution in [3.63, 3.8) is 0 Å². The largest absolute Gasteiger partial charge is 0.435 e. The molecule has 1 unspecified atom stereocenters. The van der Waals surface area contributed by atoms with Crippen molar-refractivity contribution in [3.8, 4) is 5.69 Å². The first-order valence-corrected chi connectivity index (χ1v) is 9.53. The van der Waals surface area contributed by atoms with Gasteiger partial charge in [0.25, 0.3) is 5.91 Å². The van der Waals surface area contributed by atoms with Gasteiger partial charge in [0.2, 0.25) is 0 Å². The van der Waals surface area contributed by atoms with Gasteiger partial charge in [-0.25, -0.2) is 9.48 Å². The van der Waals surface area contributed by atoms with Crippen LogP contribution in [0.15, 0.2) is 36.5 Å². The fraction of sp³-hybridized carbons (Fsp3) is 0.421. The predicted molar refractivity (Wildman–Crippen MR) is 103 cm³/mol. The maximum atomic E-state index is 13.4. The van der Waals surface area contributed by atoms with Gasteiger partial charge in [-0.1, -0.05) is 18.2 Å². The van der Waals surface area contributed by atoms with E-state index in [2.05, 4.69) is 21.0 Å². The van der Waals surface area contributed by atoms with Gasteiger partial charge in [-0.2, -0.15) is 18.3 Å². The molecule has 1 atom stereocenters. The highest BCUT2D eigenvalue weighted by Gasteiger charge is 2.39. The van der Waals surface area contributed by atoms with Gasteiger partial charge < -0.3 is 20.9 Å². The molecule has 1 fully saturated rings. The zero-order valence-electron chi connectivity index (χ0n) is 16.4. The van der Waals surface area contributed by atoms with Crippen LogP contribution in [-0.2, 0) is 6.18 Å². The van der Waals surface area contributed by atoms with Crippen LogP contribution in [-0.4, -0.2) is 65.4 Å². The Bertz CT molecular complexity index is 884. The smallest absolute Gasteiger partial charge is 0.350 e. The van der Waals surface area contributed by atoms with Crippen molar-refractivity contribution in [1.82, 2.24) is 30.6 Å². The summed E-state index contributed by atoms with van der Waals surface area (Å²) in [5.74, 6) is -0.908. The lowest BCUT2D eigenvalue weighted by atomic mass is 10.2. The first kappa shape index (κ1) is 21.6. The molecule has 1 aliphatic rings. The van der Waals surface area contributed by atoms with Crippen LogP contribution in [0.3, 0.4) is 0 Å². The third-order valence-electron chi connectivity index (χ3n) is 4.70. The van der Waals surface area contributed by atoms with E-state index in [1.54, 1.807) is 35.2 Å². The van der Waals surface area contributed by atoms with Gasteiger partial charge >= 0.3 is 12.2 Å². The fourth-order valence-corrected chi connectivity index (χ4v) is 3.15. The molecule has 1 saturated heterocycles. The average Bonchev–Trinajstić information content (AvgIpc) is 3.18. The quantitative estimate of drug-likeness (QED) is 0.637. The van der Waals surface area contributed by atoms with Crippen LogP contribution in [0, 0.1) is 0 Å². The number of benzene rings is 1. The molecule has 30 heavy (non-hydrogen) atoms. The normalized spacial score (nSPS) is 16.9. The van der Waals surface area contributed by atoms with Crippen molar-refractivity contribution >= 4 is 11.9 Å². The molecular weight excluding hydrogens is 401 g/mol. The van der Waals surface area contributed by atoms with Crippen molar-refractivity contribution in [3.05, 3.63) is 47.8 Å². The van der Waals surface area contributed by atoms with Gasteiger partial charge in [0.1, 0.15) is 0 Å². The Morgan fingerprint density at radius 1 is 1.20 bits per heavy atom. The van der Waals surface area contributed by atoms with Crippen LogP contribution in [0.4, 0.5) is 18.0 Å². The van der Waals surface area contributed by atoms with Gasteiger partial charge in [0.05, 0.1) is 11.3 Å². The molecule has 0 saturated carbocycles. The second-order valence-corrected chi connectivity index (χ2v) is 6.90. The summed E-state index contributed by atoms with van der Waals surface area (Å²) in [6.07, 6.45) is -3.73. The first-order chi connectivity index (χ1) is 14.3. The van der Waals surface area contributed by atoms with Gasteiger partial charge in [0.15, 0.2) is 5.69 Å². The number of piperazine rings is 1. The van der Waals surface area contributed by atoms with E-state index in [-0.39, 0.29) is 25.2 Å².